The third kappa shape index (κ3) is 1.68. The lowest BCUT2D eigenvalue weighted by atomic mass is 10.2. The van der Waals surface area contributed by atoms with Crippen molar-refractivity contribution >= 4 is 28.2 Å². The van der Waals surface area contributed by atoms with Crippen LogP contribution in [0.2, 0.25) is 5.02 Å². The number of nitro groups is 1. The quantitative estimate of drug-likeness (QED) is 0.450. The maximum atomic E-state index is 13.4. The first-order chi connectivity index (χ1) is 7.93. The van der Waals surface area contributed by atoms with Crippen molar-refractivity contribution in [2.45, 2.75) is 0 Å². The van der Waals surface area contributed by atoms with Crippen LogP contribution in [0.5, 0.6) is 0 Å². The van der Waals surface area contributed by atoms with Crippen LogP contribution in [0.1, 0.15) is 0 Å². The van der Waals surface area contributed by atoms with E-state index < -0.39 is 38.5 Å². The summed E-state index contributed by atoms with van der Waals surface area (Å²) in [5, 5.41) is 9.29. The summed E-state index contributed by atoms with van der Waals surface area (Å²) in [6, 6.07) is 0.614. The first-order valence-electron chi connectivity index (χ1n) is 4.19. The van der Waals surface area contributed by atoms with Gasteiger partial charge < -0.3 is 0 Å². The van der Waals surface area contributed by atoms with Crippen LogP contribution in [0.15, 0.2) is 12.3 Å². The molecular weight excluding hydrogens is 261 g/mol. The zero-order valence-electron chi connectivity index (χ0n) is 7.88. The van der Waals surface area contributed by atoms with Crippen molar-refractivity contribution in [3.8, 4) is 0 Å². The fourth-order valence-electron chi connectivity index (χ4n) is 1.34. The zero-order chi connectivity index (χ0) is 12.7. The average molecular weight is 263 g/mol. The van der Waals surface area contributed by atoms with Gasteiger partial charge in [0.25, 0.3) is 0 Å². The topological polar surface area (TPSA) is 56.0 Å². The first-order valence-corrected chi connectivity index (χ1v) is 4.57. The van der Waals surface area contributed by atoms with Crippen LogP contribution < -0.4 is 0 Å². The van der Waals surface area contributed by atoms with E-state index in [9.17, 15) is 23.3 Å². The Kier molecular flexibility index (Phi) is 2.62. The van der Waals surface area contributed by atoms with E-state index in [0.29, 0.717) is 6.07 Å². The molecule has 0 bridgehead atoms. The molecule has 0 saturated carbocycles. The van der Waals surface area contributed by atoms with Gasteiger partial charge in [-0.2, -0.15) is 0 Å². The van der Waals surface area contributed by atoms with E-state index in [0.717, 1.165) is 6.20 Å². The van der Waals surface area contributed by atoms with Crippen LogP contribution in [-0.2, 0) is 0 Å². The van der Waals surface area contributed by atoms with Gasteiger partial charge in [0.15, 0.2) is 17.5 Å². The van der Waals surface area contributed by atoms with E-state index in [2.05, 4.69) is 4.98 Å². The SMILES string of the molecule is O=[N+]([O-])c1cnc2cc(F)c(F)c(F)c2c1Cl. The van der Waals surface area contributed by atoms with Gasteiger partial charge in [0.05, 0.1) is 15.8 Å². The Morgan fingerprint density at radius 3 is 2.53 bits per heavy atom. The van der Waals surface area contributed by atoms with Gasteiger partial charge in [0.1, 0.15) is 11.2 Å². The molecule has 88 valence electrons. The van der Waals surface area contributed by atoms with Crippen LogP contribution in [0.25, 0.3) is 10.9 Å². The molecule has 0 atom stereocenters. The second kappa shape index (κ2) is 3.85. The van der Waals surface area contributed by atoms with Gasteiger partial charge in [-0.3, -0.25) is 10.1 Å². The van der Waals surface area contributed by atoms with Gasteiger partial charge in [-0.15, -0.1) is 0 Å². The minimum atomic E-state index is -1.75. The van der Waals surface area contributed by atoms with Gasteiger partial charge >= 0.3 is 5.69 Å². The molecule has 4 nitrogen and oxygen atoms in total. The predicted octanol–water partition coefficient (Wildman–Crippen LogP) is 3.21. The summed E-state index contributed by atoms with van der Waals surface area (Å²) in [7, 11) is 0. The van der Waals surface area contributed by atoms with Gasteiger partial charge in [-0.05, 0) is 0 Å². The summed E-state index contributed by atoms with van der Waals surface area (Å²) in [5.41, 5.74) is -0.971. The number of hydrogen-bond acceptors (Lipinski definition) is 3. The number of nitrogens with zero attached hydrogens (tertiary/aromatic N) is 2. The van der Waals surface area contributed by atoms with Gasteiger partial charge in [0.2, 0.25) is 0 Å². The lowest BCUT2D eigenvalue weighted by Gasteiger charge is -2.03. The minimum Gasteiger partial charge on any atom is -0.258 e. The summed E-state index contributed by atoms with van der Waals surface area (Å²) in [6.45, 7) is 0. The van der Waals surface area contributed by atoms with Crippen molar-refractivity contribution in [3.05, 3.63) is 44.9 Å². The number of halogens is 4. The number of fused-ring (bicyclic) bond motifs is 1. The fourth-order valence-corrected chi connectivity index (χ4v) is 1.63. The van der Waals surface area contributed by atoms with Crippen LogP contribution in [0.4, 0.5) is 18.9 Å². The number of hydrogen-bond donors (Lipinski definition) is 0. The summed E-state index contributed by atoms with van der Waals surface area (Å²) >= 11 is 5.56. The van der Waals surface area contributed by atoms with Crippen LogP contribution in [-0.4, -0.2) is 9.91 Å². The standard InChI is InChI=1S/C9H2ClF3N2O2/c10-7-5(15(16)17)2-14-4-1-3(11)8(12)9(13)6(4)7/h1-2H. The molecule has 0 N–H and O–H groups in total. The van der Waals surface area contributed by atoms with Crippen molar-refractivity contribution in [3.63, 3.8) is 0 Å². The van der Waals surface area contributed by atoms with E-state index in [1.807, 2.05) is 0 Å². The molecule has 0 saturated heterocycles. The zero-order valence-corrected chi connectivity index (χ0v) is 8.63. The molecule has 2 rings (SSSR count). The predicted molar refractivity (Wildman–Crippen MR) is 53.3 cm³/mol. The Hall–Kier alpha value is -1.89. The number of aromatic nitrogens is 1. The third-order valence-electron chi connectivity index (χ3n) is 2.11. The van der Waals surface area contributed by atoms with Gasteiger partial charge in [0, 0.05) is 6.07 Å². The summed E-state index contributed by atoms with van der Waals surface area (Å²) in [6.07, 6.45) is 0.751. The number of benzene rings is 1. The molecule has 0 fully saturated rings. The van der Waals surface area contributed by atoms with Crippen molar-refractivity contribution < 1.29 is 18.1 Å². The van der Waals surface area contributed by atoms with Crippen molar-refractivity contribution in [2.75, 3.05) is 0 Å². The van der Waals surface area contributed by atoms with Crippen LogP contribution >= 0.6 is 11.6 Å². The minimum absolute atomic E-state index is 0.294. The highest BCUT2D eigenvalue weighted by molar-refractivity contribution is 6.37. The summed E-state index contributed by atoms with van der Waals surface area (Å²) < 4.78 is 39.2. The van der Waals surface area contributed by atoms with Gasteiger partial charge in [-0.25, -0.2) is 18.2 Å². The molecule has 0 radical (unpaired) electrons. The molecule has 0 aliphatic rings. The van der Waals surface area contributed by atoms with E-state index in [1.54, 1.807) is 0 Å². The molecule has 8 heteroatoms. The van der Waals surface area contributed by atoms with Gasteiger partial charge in [-0.1, -0.05) is 11.6 Å². The lowest BCUT2D eigenvalue weighted by molar-refractivity contribution is -0.384. The highest BCUT2D eigenvalue weighted by Gasteiger charge is 2.23. The normalized spacial score (nSPS) is 10.8. The van der Waals surface area contributed by atoms with E-state index >= 15 is 0 Å². The highest BCUT2D eigenvalue weighted by atomic mass is 35.5. The second-order valence-corrected chi connectivity index (χ2v) is 3.47. The lowest BCUT2D eigenvalue weighted by Crippen LogP contribution is -1.97. The van der Waals surface area contributed by atoms with E-state index in [4.69, 9.17) is 11.6 Å². The average Bonchev–Trinajstić information content (AvgIpc) is 2.25. The van der Waals surface area contributed by atoms with Crippen LogP contribution in [0, 0.1) is 27.6 Å². The maximum absolute atomic E-state index is 13.4. The Balaban J connectivity index is 2.95. The molecule has 0 unspecified atom stereocenters. The van der Waals surface area contributed by atoms with Crippen molar-refractivity contribution in [1.29, 1.82) is 0 Å². The molecule has 0 aliphatic carbocycles. The smallest absolute Gasteiger partial charge is 0.258 e. The largest absolute Gasteiger partial charge is 0.306 e. The highest BCUT2D eigenvalue weighted by Crippen LogP contribution is 2.34. The molecule has 2 aromatic rings. The fraction of sp³-hybridized carbons (Fsp3) is 0. The Morgan fingerprint density at radius 1 is 1.29 bits per heavy atom. The molecule has 1 aromatic carbocycles. The maximum Gasteiger partial charge on any atom is 0.306 e. The molecular formula is C9H2ClF3N2O2. The molecule has 17 heavy (non-hydrogen) atoms. The Morgan fingerprint density at radius 2 is 1.94 bits per heavy atom. The first kappa shape index (κ1) is 11.6. The third-order valence-corrected chi connectivity index (χ3v) is 2.49. The molecule has 0 amide bonds. The molecule has 0 spiro atoms. The summed E-state index contributed by atoms with van der Waals surface area (Å²) in [4.78, 5) is 13.1. The van der Waals surface area contributed by atoms with E-state index in [1.165, 1.54) is 0 Å². The van der Waals surface area contributed by atoms with Crippen LogP contribution in [0.3, 0.4) is 0 Å². The van der Waals surface area contributed by atoms with Crippen molar-refractivity contribution in [2.24, 2.45) is 0 Å². The van der Waals surface area contributed by atoms with E-state index in [-0.39, 0.29) is 5.52 Å². The Bertz CT molecular complexity index is 648. The Labute approximate surface area is 96.8 Å². The molecule has 0 aliphatic heterocycles. The number of rotatable bonds is 1. The number of pyridine rings is 1. The van der Waals surface area contributed by atoms with Crippen molar-refractivity contribution in [1.82, 2.24) is 4.98 Å². The second-order valence-electron chi connectivity index (χ2n) is 3.10. The molecule has 1 aromatic heterocycles. The molecule has 1 heterocycles. The monoisotopic (exact) mass is 262 g/mol. The summed E-state index contributed by atoms with van der Waals surface area (Å²) in [5.74, 6) is -4.78.